The van der Waals surface area contributed by atoms with Gasteiger partial charge in [0.05, 0.1) is 25.1 Å². The van der Waals surface area contributed by atoms with Gasteiger partial charge < -0.3 is 19.4 Å². The van der Waals surface area contributed by atoms with Gasteiger partial charge in [-0.15, -0.1) is 5.10 Å². The second-order valence-electron chi connectivity index (χ2n) is 6.14. The maximum absolute atomic E-state index is 14.0. The summed E-state index contributed by atoms with van der Waals surface area (Å²) in [5, 5.41) is 8.27. The molecule has 2 fully saturated rings. The van der Waals surface area contributed by atoms with Crippen molar-refractivity contribution >= 4 is 17.5 Å². The van der Waals surface area contributed by atoms with Crippen molar-refractivity contribution in [2.45, 2.75) is 0 Å². The molecule has 7 nitrogen and oxygen atoms in total. The van der Waals surface area contributed by atoms with E-state index in [2.05, 4.69) is 29.9 Å². The molecular formula is C17H21FN6O. The lowest BCUT2D eigenvalue weighted by Gasteiger charge is -2.37. The highest BCUT2D eigenvalue weighted by atomic mass is 19.1. The van der Waals surface area contributed by atoms with E-state index in [1.807, 2.05) is 12.1 Å². The van der Waals surface area contributed by atoms with Gasteiger partial charge in [0.15, 0.2) is 5.82 Å². The van der Waals surface area contributed by atoms with Crippen molar-refractivity contribution in [2.24, 2.45) is 0 Å². The van der Waals surface area contributed by atoms with Crippen molar-refractivity contribution < 1.29 is 9.13 Å². The standard InChI is InChI=1S/C17H21FN6O/c18-14-3-1-2-4-15(14)22-5-7-23(8-6-22)16-13-19-21-17(20-16)24-9-11-25-12-10-24/h1-4,13H,5-12H2. The highest BCUT2D eigenvalue weighted by molar-refractivity contribution is 5.50. The molecule has 3 heterocycles. The molecule has 0 spiro atoms. The first-order valence-corrected chi connectivity index (χ1v) is 8.58. The number of anilines is 3. The summed E-state index contributed by atoms with van der Waals surface area (Å²) in [7, 11) is 0. The molecule has 1 aromatic heterocycles. The van der Waals surface area contributed by atoms with Crippen LogP contribution in [0.15, 0.2) is 30.5 Å². The number of morpholine rings is 1. The summed E-state index contributed by atoms with van der Waals surface area (Å²) in [6.45, 7) is 5.99. The Labute approximate surface area is 146 Å². The Bertz CT molecular complexity index is 716. The summed E-state index contributed by atoms with van der Waals surface area (Å²) < 4.78 is 19.3. The summed E-state index contributed by atoms with van der Waals surface area (Å²) >= 11 is 0. The minimum Gasteiger partial charge on any atom is -0.378 e. The first-order chi connectivity index (χ1) is 12.3. The lowest BCUT2D eigenvalue weighted by Crippen LogP contribution is -2.47. The molecule has 0 saturated carbocycles. The van der Waals surface area contributed by atoms with Crippen LogP contribution in [-0.4, -0.2) is 67.7 Å². The molecule has 0 atom stereocenters. The molecule has 132 valence electrons. The topological polar surface area (TPSA) is 57.6 Å². The number of aromatic nitrogens is 3. The maximum Gasteiger partial charge on any atom is 0.247 e. The molecule has 0 N–H and O–H groups in total. The molecule has 0 unspecified atom stereocenters. The van der Waals surface area contributed by atoms with Crippen LogP contribution in [0.3, 0.4) is 0 Å². The van der Waals surface area contributed by atoms with Crippen molar-refractivity contribution in [3.8, 4) is 0 Å². The number of halogens is 1. The molecule has 1 aromatic carbocycles. The predicted molar refractivity (Wildman–Crippen MR) is 93.7 cm³/mol. The molecule has 0 bridgehead atoms. The second kappa shape index (κ2) is 7.18. The average Bonchev–Trinajstić information content (AvgIpc) is 2.69. The minimum atomic E-state index is -0.172. The van der Waals surface area contributed by atoms with Crippen LogP contribution in [0, 0.1) is 5.82 Å². The van der Waals surface area contributed by atoms with Crippen LogP contribution in [0.25, 0.3) is 0 Å². The van der Waals surface area contributed by atoms with Crippen molar-refractivity contribution in [3.05, 3.63) is 36.3 Å². The monoisotopic (exact) mass is 344 g/mol. The van der Waals surface area contributed by atoms with Crippen LogP contribution in [-0.2, 0) is 4.74 Å². The van der Waals surface area contributed by atoms with Crippen molar-refractivity contribution in [1.29, 1.82) is 0 Å². The number of ether oxygens (including phenoxy) is 1. The van der Waals surface area contributed by atoms with Crippen LogP contribution < -0.4 is 14.7 Å². The third kappa shape index (κ3) is 3.48. The molecular weight excluding hydrogens is 323 g/mol. The van der Waals surface area contributed by atoms with E-state index in [9.17, 15) is 4.39 Å². The number of hydrogen-bond donors (Lipinski definition) is 0. The Kier molecular flexibility index (Phi) is 4.60. The molecule has 0 aliphatic carbocycles. The molecule has 25 heavy (non-hydrogen) atoms. The van der Waals surface area contributed by atoms with Crippen molar-refractivity contribution in [1.82, 2.24) is 15.2 Å². The Morgan fingerprint density at radius 3 is 2.36 bits per heavy atom. The number of hydrogen-bond acceptors (Lipinski definition) is 7. The first kappa shape index (κ1) is 16.0. The first-order valence-electron chi connectivity index (χ1n) is 8.58. The highest BCUT2D eigenvalue weighted by Gasteiger charge is 2.22. The van der Waals surface area contributed by atoms with Gasteiger partial charge in [-0.3, -0.25) is 0 Å². The zero-order valence-corrected chi connectivity index (χ0v) is 14.0. The van der Waals surface area contributed by atoms with E-state index in [4.69, 9.17) is 4.74 Å². The predicted octanol–water partition coefficient (Wildman–Crippen LogP) is 1.17. The van der Waals surface area contributed by atoms with Gasteiger partial charge in [0, 0.05) is 39.3 Å². The Hall–Kier alpha value is -2.48. The van der Waals surface area contributed by atoms with Crippen molar-refractivity contribution in [3.63, 3.8) is 0 Å². The van der Waals surface area contributed by atoms with Gasteiger partial charge in [-0.25, -0.2) is 4.39 Å². The van der Waals surface area contributed by atoms with Crippen molar-refractivity contribution in [2.75, 3.05) is 67.2 Å². The summed E-state index contributed by atoms with van der Waals surface area (Å²) in [6.07, 6.45) is 1.70. The van der Waals surface area contributed by atoms with Gasteiger partial charge in [-0.2, -0.15) is 10.1 Å². The summed E-state index contributed by atoms with van der Waals surface area (Å²) in [5.41, 5.74) is 0.664. The quantitative estimate of drug-likeness (QED) is 0.828. The van der Waals surface area contributed by atoms with Gasteiger partial charge in [0.2, 0.25) is 5.95 Å². The number of benzene rings is 1. The lowest BCUT2D eigenvalue weighted by atomic mass is 10.2. The Balaban J connectivity index is 1.43. The van der Waals surface area contributed by atoms with Gasteiger partial charge in [0.1, 0.15) is 5.82 Å². The van der Waals surface area contributed by atoms with Crippen LogP contribution in [0.1, 0.15) is 0 Å². The molecule has 0 amide bonds. The van der Waals surface area contributed by atoms with E-state index < -0.39 is 0 Å². The largest absolute Gasteiger partial charge is 0.378 e. The number of piperazine rings is 1. The molecule has 0 radical (unpaired) electrons. The molecule has 4 rings (SSSR count). The van der Waals surface area contributed by atoms with E-state index >= 15 is 0 Å². The second-order valence-corrected chi connectivity index (χ2v) is 6.14. The molecule has 2 saturated heterocycles. The lowest BCUT2D eigenvalue weighted by molar-refractivity contribution is 0.122. The van der Waals surface area contributed by atoms with E-state index in [1.54, 1.807) is 12.3 Å². The van der Waals surface area contributed by atoms with Crippen LogP contribution >= 0.6 is 0 Å². The number of rotatable bonds is 3. The van der Waals surface area contributed by atoms with E-state index in [0.717, 1.165) is 45.1 Å². The minimum absolute atomic E-state index is 0.172. The summed E-state index contributed by atoms with van der Waals surface area (Å²) in [5.74, 6) is 1.30. The zero-order chi connectivity index (χ0) is 17.1. The summed E-state index contributed by atoms with van der Waals surface area (Å²) in [6, 6.07) is 6.92. The van der Waals surface area contributed by atoms with Crippen LogP contribution in [0.4, 0.5) is 21.8 Å². The fraction of sp³-hybridized carbons (Fsp3) is 0.471. The molecule has 2 aliphatic heterocycles. The van der Waals surface area contributed by atoms with Gasteiger partial charge in [-0.1, -0.05) is 12.1 Å². The summed E-state index contributed by atoms with van der Waals surface area (Å²) in [4.78, 5) is 11.0. The SMILES string of the molecule is Fc1ccccc1N1CCN(c2cnnc(N3CCOCC3)n2)CC1. The number of nitrogens with zero attached hydrogens (tertiary/aromatic N) is 6. The van der Waals surface area contributed by atoms with E-state index in [-0.39, 0.29) is 5.82 Å². The van der Waals surface area contributed by atoms with Gasteiger partial charge >= 0.3 is 0 Å². The van der Waals surface area contributed by atoms with Gasteiger partial charge in [0.25, 0.3) is 0 Å². The normalized spacial score (nSPS) is 18.5. The smallest absolute Gasteiger partial charge is 0.247 e. The van der Waals surface area contributed by atoms with E-state index in [1.165, 1.54) is 6.07 Å². The third-order valence-electron chi connectivity index (χ3n) is 4.63. The Morgan fingerprint density at radius 2 is 1.60 bits per heavy atom. The third-order valence-corrected chi connectivity index (χ3v) is 4.63. The molecule has 2 aliphatic rings. The number of para-hydroxylation sites is 1. The van der Waals surface area contributed by atoms with Gasteiger partial charge in [-0.05, 0) is 12.1 Å². The molecule has 8 heteroatoms. The van der Waals surface area contributed by atoms with E-state index in [0.29, 0.717) is 24.8 Å². The average molecular weight is 344 g/mol. The van der Waals surface area contributed by atoms with Crippen LogP contribution in [0.2, 0.25) is 0 Å². The fourth-order valence-corrected chi connectivity index (χ4v) is 3.22. The fourth-order valence-electron chi connectivity index (χ4n) is 3.22. The van der Waals surface area contributed by atoms with Crippen LogP contribution in [0.5, 0.6) is 0 Å². The zero-order valence-electron chi connectivity index (χ0n) is 14.0. The Morgan fingerprint density at radius 1 is 0.880 bits per heavy atom. The maximum atomic E-state index is 14.0. The molecule has 2 aromatic rings. The highest BCUT2D eigenvalue weighted by Crippen LogP contribution is 2.22.